The second-order valence-corrected chi connectivity index (χ2v) is 3.62. The van der Waals surface area contributed by atoms with Gasteiger partial charge in [0.15, 0.2) is 0 Å². The van der Waals surface area contributed by atoms with Crippen molar-refractivity contribution in [3.05, 3.63) is 0 Å². The lowest BCUT2D eigenvalue weighted by atomic mass is 10.1. The first kappa shape index (κ1) is 6.62. The van der Waals surface area contributed by atoms with Crippen molar-refractivity contribution in [3.8, 4) is 0 Å². The molecule has 1 saturated heterocycles. The number of likely N-dealkylation sites (tertiary alicyclic amines) is 1. The minimum atomic E-state index is 0.806. The van der Waals surface area contributed by atoms with Crippen LogP contribution in [0.2, 0.25) is 0 Å². The van der Waals surface area contributed by atoms with E-state index in [0.717, 1.165) is 18.5 Å². The highest BCUT2D eigenvalue weighted by atomic mass is 15.2. The van der Waals surface area contributed by atoms with E-state index >= 15 is 0 Å². The van der Waals surface area contributed by atoms with Crippen LogP contribution in [-0.4, -0.2) is 30.6 Å². The Morgan fingerprint density at radius 1 is 1.30 bits per heavy atom. The molecule has 1 aliphatic carbocycles. The SMILES string of the molecule is NCC1CCN(C2CC2)C1. The van der Waals surface area contributed by atoms with E-state index in [0.29, 0.717) is 0 Å². The summed E-state index contributed by atoms with van der Waals surface area (Å²) in [6, 6.07) is 0.955. The number of nitrogens with two attached hydrogens (primary N) is 1. The Bertz CT molecular complexity index is 120. The molecular formula is C8H16N2. The Balaban J connectivity index is 1.81. The number of hydrogen-bond donors (Lipinski definition) is 1. The van der Waals surface area contributed by atoms with Crippen LogP contribution in [0.15, 0.2) is 0 Å². The topological polar surface area (TPSA) is 29.3 Å². The highest BCUT2D eigenvalue weighted by Gasteiger charge is 2.33. The van der Waals surface area contributed by atoms with Gasteiger partial charge in [0, 0.05) is 12.6 Å². The molecule has 2 aliphatic rings. The van der Waals surface area contributed by atoms with Crippen LogP contribution < -0.4 is 5.73 Å². The van der Waals surface area contributed by atoms with Gasteiger partial charge in [0.1, 0.15) is 0 Å². The third kappa shape index (κ3) is 1.18. The summed E-state index contributed by atoms with van der Waals surface area (Å²) in [4.78, 5) is 2.61. The summed E-state index contributed by atoms with van der Waals surface area (Å²) in [6.45, 7) is 3.48. The second-order valence-electron chi connectivity index (χ2n) is 3.62. The van der Waals surface area contributed by atoms with Crippen LogP contribution in [0.25, 0.3) is 0 Å². The molecule has 2 nitrogen and oxygen atoms in total. The van der Waals surface area contributed by atoms with Crippen LogP contribution >= 0.6 is 0 Å². The lowest BCUT2D eigenvalue weighted by Crippen LogP contribution is -2.24. The molecule has 0 aromatic rings. The first-order valence-corrected chi connectivity index (χ1v) is 4.34. The molecule has 2 fully saturated rings. The molecule has 1 atom stereocenters. The lowest BCUT2D eigenvalue weighted by molar-refractivity contribution is 0.315. The van der Waals surface area contributed by atoms with Crippen molar-refractivity contribution in [2.45, 2.75) is 25.3 Å². The summed E-state index contributed by atoms with van der Waals surface area (Å²) >= 11 is 0. The second kappa shape index (κ2) is 2.51. The average Bonchev–Trinajstić information content (AvgIpc) is 2.70. The van der Waals surface area contributed by atoms with Crippen LogP contribution in [0.1, 0.15) is 19.3 Å². The van der Waals surface area contributed by atoms with Gasteiger partial charge in [-0.3, -0.25) is 0 Å². The van der Waals surface area contributed by atoms with E-state index in [4.69, 9.17) is 5.73 Å². The zero-order valence-corrected chi connectivity index (χ0v) is 6.42. The van der Waals surface area contributed by atoms with Crippen molar-refractivity contribution in [2.24, 2.45) is 11.7 Å². The predicted molar refractivity (Wildman–Crippen MR) is 41.8 cm³/mol. The Morgan fingerprint density at radius 3 is 2.60 bits per heavy atom. The van der Waals surface area contributed by atoms with E-state index in [2.05, 4.69) is 4.90 Å². The number of rotatable bonds is 2. The molecule has 2 heteroatoms. The van der Waals surface area contributed by atoms with E-state index < -0.39 is 0 Å². The van der Waals surface area contributed by atoms with Gasteiger partial charge in [-0.05, 0) is 38.3 Å². The number of hydrogen-bond acceptors (Lipinski definition) is 2. The van der Waals surface area contributed by atoms with Crippen molar-refractivity contribution < 1.29 is 0 Å². The Labute approximate surface area is 62.4 Å². The predicted octanol–water partition coefficient (Wildman–Crippen LogP) is 0.429. The average molecular weight is 140 g/mol. The largest absolute Gasteiger partial charge is 0.330 e. The zero-order chi connectivity index (χ0) is 6.97. The fourth-order valence-electron chi connectivity index (χ4n) is 1.83. The van der Waals surface area contributed by atoms with Crippen molar-refractivity contribution in [1.82, 2.24) is 4.90 Å². The Kier molecular flexibility index (Phi) is 1.66. The molecule has 0 amide bonds. The smallest absolute Gasteiger partial charge is 0.00965 e. The molecule has 0 aromatic carbocycles. The van der Waals surface area contributed by atoms with E-state index in [1.165, 1.54) is 32.4 Å². The maximum Gasteiger partial charge on any atom is 0.00965 e. The molecular weight excluding hydrogens is 124 g/mol. The van der Waals surface area contributed by atoms with Crippen LogP contribution in [0.3, 0.4) is 0 Å². The van der Waals surface area contributed by atoms with E-state index in [9.17, 15) is 0 Å². The van der Waals surface area contributed by atoms with Gasteiger partial charge in [-0.15, -0.1) is 0 Å². The van der Waals surface area contributed by atoms with Crippen LogP contribution in [0.4, 0.5) is 0 Å². The third-order valence-corrected chi connectivity index (χ3v) is 2.71. The molecule has 1 unspecified atom stereocenters. The van der Waals surface area contributed by atoms with Gasteiger partial charge in [0.2, 0.25) is 0 Å². The molecule has 1 saturated carbocycles. The molecule has 0 spiro atoms. The van der Waals surface area contributed by atoms with Crippen molar-refractivity contribution in [1.29, 1.82) is 0 Å². The van der Waals surface area contributed by atoms with E-state index in [1.807, 2.05) is 0 Å². The fraction of sp³-hybridized carbons (Fsp3) is 1.00. The molecule has 1 heterocycles. The Morgan fingerprint density at radius 2 is 2.10 bits per heavy atom. The van der Waals surface area contributed by atoms with Crippen LogP contribution in [0.5, 0.6) is 0 Å². The normalized spacial score (nSPS) is 35.1. The molecule has 0 aromatic heterocycles. The van der Waals surface area contributed by atoms with Crippen LogP contribution in [-0.2, 0) is 0 Å². The monoisotopic (exact) mass is 140 g/mol. The molecule has 1 aliphatic heterocycles. The highest BCUT2D eigenvalue weighted by molar-refractivity contribution is 4.89. The maximum atomic E-state index is 5.59. The molecule has 0 radical (unpaired) electrons. The van der Waals surface area contributed by atoms with Gasteiger partial charge < -0.3 is 10.6 Å². The standard InChI is InChI=1S/C8H16N2/c9-5-7-3-4-10(6-7)8-1-2-8/h7-8H,1-6,9H2. The molecule has 2 rings (SSSR count). The Hall–Kier alpha value is -0.0800. The molecule has 10 heavy (non-hydrogen) atoms. The summed E-state index contributed by atoms with van der Waals surface area (Å²) in [5.41, 5.74) is 5.59. The molecule has 0 bridgehead atoms. The summed E-state index contributed by atoms with van der Waals surface area (Å²) in [5, 5.41) is 0. The minimum absolute atomic E-state index is 0.806. The fourth-order valence-corrected chi connectivity index (χ4v) is 1.83. The van der Waals surface area contributed by atoms with Crippen molar-refractivity contribution in [2.75, 3.05) is 19.6 Å². The summed E-state index contributed by atoms with van der Waals surface area (Å²) in [5.74, 6) is 0.806. The first-order valence-electron chi connectivity index (χ1n) is 4.34. The molecule has 2 N–H and O–H groups in total. The van der Waals surface area contributed by atoms with Gasteiger partial charge in [-0.1, -0.05) is 0 Å². The first-order chi connectivity index (χ1) is 4.90. The quantitative estimate of drug-likeness (QED) is 0.602. The van der Waals surface area contributed by atoms with E-state index in [-0.39, 0.29) is 0 Å². The van der Waals surface area contributed by atoms with Crippen LogP contribution in [0, 0.1) is 5.92 Å². The number of nitrogens with zero attached hydrogens (tertiary/aromatic N) is 1. The van der Waals surface area contributed by atoms with Gasteiger partial charge in [-0.25, -0.2) is 0 Å². The summed E-state index contributed by atoms with van der Waals surface area (Å²) in [7, 11) is 0. The lowest BCUT2D eigenvalue weighted by Gasteiger charge is -2.13. The van der Waals surface area contributed by atoms with Crippen molar-refractivity contribution in [3.63, 3.8) is 0 Å². The summed E-state index contributed by atoms with van der Waals surface area (Å²) < 4.78 is 0. The maximum absolute atomic E-state index is 5.59. The molecule has 58 valence electrons. The highest BCUT2D eigenvalue weighted by Crippen LogP contribution is 2.31. The third-order valence-electron chi connectivity index (χ3n) is 2.71. The van der Waals surface area contributed by atoms with Crippen molar-refractivity contribution >= 4 is 0 Å². The van der Waals surface area contributed by atoms with Gasteiger partial charge in [0.05, 0.1) is 0 Å². The van der Waals surface area contributed by atoms with Gasteiger partial charge >= 0.3 is 0 Å². The minimum Gasteiger partial charge on any atom is -0.330 e. The zero-order valence-electron chi connectivity index (χ0n) is 6.42. The van der Waals surface area contributed by atoms with Gasteiger partial charge in [0.25, 0.3) is 0 Å². The van der Waals surface area contributed by atoms with Gasteiger partial charge in [-0.2, -0.15) is 0 Å². The van der Waals surface area contributed by atoms with E-state index in [1.54, 1.807) is 0 Å². The summed E-state index contributed by atoms with van der Waals surface area (Å²) in [6.07, 6.45) is 4.22.